The van der Waals surface area contributed by atoms with Crippen molar-refractivity contribution in [3.63, 3.8) is 0 Å². The van der Waals surface area contributed by atoms with Gasteiger partial charge in [-0.3, -0.25) is 0 Å². The van der Waals surface area contributed by atoms with Gasteiger partial charge in [0.1, 0.15) is 0 Å². The average molecular weight is 263 g/mol. The number of aliphatic hydroxyl groups is 1. The van der Waals surface area contributed by atoms with Gasteiger partial charge in [-0.25, -0.2) is 4.79 Å². The molecule has 2 atom stereocenters. The van der Waals surface area contributed by atoms with Crippen LogP contribution in [0.5, 0.6) is 0 Å². The summed E-state index contributed by atoms with van der Waals surface area (Å²) in [6, 6.07) is 7.36. The lowest BCUT2D eigenvalue weighted by Crippen LogP contribution is -2.40. The highest BCUT2D eigenvalue weighted by Crippen LogP contribution is 2.24. The number of carbonyl (C=O) groups is 1. The van der Waals surface area contributed by atoms with Gasteiger partial charge in [0, 0.05) is 19.2 Å². The fraction of sp³-hybridized carbons (Fsp3) is 0.533. The molecule has 4 heteroatoms. The van der Waals surface area contributed by atoms with Gasteiger partial charge in [0.25, 0.3) is 0 Å². The first-order chi connectivity index (χ1) is 9.22. The van der Waals surface area contributed by atoms with Gasteiger partial charge in [-0.1, -0.05) is 31.0 Å². The van der Waals surface area contributed by atoms with Gasteiger partial charge in [0.15, 0.2) is 0 Å². The zero-order chi connectivity index (χ0) is 13.7. The SMILES string of the molecule is O=C(O)c1ccccc1CNC1CCCCC1CO. The minimum absolute atomic E-state index is 0.207. The van der Waals surface area contributed by atoms with Crippen molar-refractivity contribution in [2.45, 2.75) is 38.3 Å². The molecule has 1 fully saturated rings. The Morgan fingerprint density at radius 1 is 1.26 bits per heavy atom. The molecule has 0 heterocycles. The summed E-state index contributed by atoms with van der Waals surface area (Å²) in [6.45, 7) is 0.752. The van der Waals surface area contributed by atoms with Crippen LogP contribution in [0.4, 0.5) is 0 Å². The van der Waals surface area contributed by atoms with Crippen molar-refractivity contribution in [2.24, 2.45) is 5.92 Å². The molecule has 0 radical (unpaired) electrons. The Balaban J connectivity index is 2.00. The third-order valence-electron chi connectivity index (χ3n) is 3.95. The second-order valence-corrected chi connectivity index (χ2v) is 5.18. The summed E-state index contributed by atoms with van der Waals surface area (Å²) in [5.41, 5.74) is 1.16. The summed E-state index contributed by atoms with van der Waals surface area (Å²) in [5.74, 6) is -0.592. The van der Waals surface area contributed by atoms with Gasteiger partial charge in [-0.05, 0) is 30.4 Å². The molecule has 0 saturated heterocycles. The molecule has 0 spiro atoms. The quantitative estimate of drug-likeness (QED) is 0.760. The Labute approximate surface area is 113 Å². The molecule has 0 aliphatic heterocycles. The Kier molecular flexibility index (Phi) is 4.93. The maximum Gasteiger partial charge on any atom is 0.336 e. The molecule has 0 aromatic heterocycles. The molecule has 104 valence electrons. The zero-order valence-corrected chi connectivity index (χ0v) is 11.0. The molecule has 2 unspecified atom stereocenters. The van der Waals surface area contributed by atoms with Crippen molar-refractivity contribution >= 4 is 5.97 Å². The second-order valence-electron chi connectivity index (χ2n) is 5.18. The van der Waals surface area contributed by atoms with Gasteiger partial charge >= 0.3 is 5.97 Å². The number of benzene rings is 1. The maximum atomic E-state index is 11.1. The van der Waals surface area contributed by atoms with Crippen molar-refractivity contribution in [1.82, 2.24) is 5.32 Å². The van der Waals surface area contributed by atoms with Gasteiger partial charge < -0.3 is 15.5 Å². The van der Waals surface area contributed by atoms with E-state index >= 15 is 0 Å². The lowest BCUT2D eigenvalue weighted by molar-refractivity contribution is 0.0695. The van der Waals surface area contributed by atoms with Crippen molar-refractivity contribution in [3.05, 3.63) is 35.4 Å². The topological polar surface area (TPSA) is 69.6 Å². The first-order valence-electron chi connectivity index (χ1n) is 6.88. The van der Waals surface area contributed by atoms with Crippen molar-refractivity contribution in [1.29, 1.82) is 0 Å². The van der Waals surface area contributed by atoms with Crippen LogP contribution in [0.2, 0.25) is 0 Å². The van der Waals surface area contributed by atoms with Crippen LogP contribution < -0.4 is 5.32 Å². The number of carboxylic acid groups (broad SMARTS) is 1. The van der Waals surface area contributed by atoms with Crippen molar-refractivity contribution in [2.75, 3.05) is 6.61 Å². The zero-order valence-electron chi connectivity index (χ0n) is 11.0. The van der Waals surface area contributed by atoms with E-state index in [1.54, 1.807) is 12.1 Å². The van der Waals surface area contributed by atoms with Crippen LogP contribution in [0.15, 0.2) is 24.3 Å². The molecule has 2 rings (SSSR count). The minimum atomic E-state index is -0.889. The van der Waals surface area contributed by atoms with E-state index in [9.17, 15) is 9.90 Å². The standard InChI is InChI=1S/C15H21NO3/c17-10-12-6-2-4-8-14(12)16-9-11-5-1-3-7-13(11)15(18)19/h1,3,5,7,12,14,16-17H,2,4,6,8-10H2,(H,18,19). The van der Waals surface area contributed by atoms with E-state index < -0.39 is 5.97 Å². The van der Waals surface area contributed by atoms with E-state index in [4.69, 9.17) is 5.11 Å². The van der Waals surface area contributed by atoms with Crippen LogP contribution in [-0.2, 0) is 6.54 Å². The average Bonchev–Trinajstić information content (AvgIpc) is 2.45. The molecule has 0 amide bonds. The van der Waals surface area contributed by atoms with Crippen molar-refractivity contribution < 1.29 is 15.0 Å². The number of hydrogen-bond donors (Lipinski definition) is 3. The van der Waals surface area contributed by atoms with Crippen LogP contribution in [0.1, 0.15) is 41.6 Å². The van der Waals surface area contributed by atoms with Crippen LogP contribution >= 0.6 is 0 Å². The van der Waals surface area contributed by atoms with E-state index in [1.165, 1.54) is 12.8 Å². The fourth-order valence-corrected chi connectivity index (χ4v) is 2.82. The molecule has 0 bridgehead atoms. The third kappa shape index (κ3) is 3.55. The third-order valence-corrected chi connectivity index (χ3v) is 3.95. The largest absolute Gasteiger partial charge is 0.478 e. The number of carboxylic acids is 1. The molecule has 4 nitrogen and oxygen atoms in total. The van der Waals surface area contributed by atoms with Crippen LogP contribution in [0, 0.1) is 5.92 Å². The van der Waals surface area contributed by atoms with E-state index in [0.29, 0.717) is 24.1 Å². The highest BCUT2D eigenvalue weighted by atomic mass is 16.4. The number of nitrogens with one attached hydrogen (secondary N) is 1. The molecule has 1 aromatic rings. The normalized spacial score (nSPS) is 23.2. The smallest absolute Gasteiger partial charge is 0.336 e. The van der Waals surface area contributed by atoms with E-state index in [2.05, 4.69) is 5.32 Å². The van der Waals surface area contributed by atoms with E-state index in [1.807, 2.05) is 12.1 Å². The molecular formula is C15H21NO3. The molecule has 1 saturated carbocycles. The van der Waals surface area contributed by atoms with Gasteiger partial charge in [-0.2, -0.15) is 0 Å². The molecule has 1 aliphatic rings. The Hall–Kier alpha value is -1.39. The first kappa shape index (κ1) is 14.0. The number of hydrogen-bond acceptors (Lipinski definition) is 3. The van der Waals surface area contributed by atoms with Crippen molar-refractivity contribution in [3.8, 4) is 0 Å². The van der Waals surface area contributed by atoms with Gasteiger partial charge in [-0.15, -0.1) is 0 Å². The highest BCUT2D eigenvalue weighted by molar-refractivity contribution is 5.89. The summed E-state index contributed by atoms with van der Waals surface area (Å²) in [4.78, 5) is 11.1. The summed E-state index contributed by atoms with van der Waals surface area (Å²) in [7, 11) is 0. The predicted octanol–water partition coefficient (Wildman–Crippen LogP) is 2.03. The minimum Gasteiger partial charge on any atom is -0.478 e. The fourth-order valence-electron chi connectivity index (χ4n) is 2.82. The number of rotatable bonds is 5. The van der Waals surface area contributed by atoms with E-state index in [-0.39, 0.29) is 6.61 Å². The second kappa shape index (κ2) is 6.68. The van der Waals surface area contributed by atoms with Crippen LogP contribution in [0.25, 0.3) is 0 Å². The Morgan fingerprint density at radius 3 is 2.74 bits per heavy atom. The van der Waals surface area contributed by atoms with Crippen LogP contribution in [-0.4, -0.2) is 28.8 Å². The van der Waals surface area contributed by atoms with E-state index in [0.717, 1.165) is 18.4 Å². The first-order valence-corrected chi connectivity index (χ1v) is 6.88. The highest BCUT2D eigenvalue weighted by Gasteiger charge is 2.24. The number of aliphatic hydroxyl groups excluding tert-OH is 1. The molecule has 1 aromatic carbocycles. The Bertz CT molecular complexity index is 433. The molecule has 19 heavy (non-hydrogen) atoms. The lowest BCUT2D eigenvalue weighted by Gasteiger charge is -2.31. The molecular weight excluding hydrogens is 242 g/mol. The number of aromatic carboxylic acids is 1. The Morgan fingerprint density at radius 2 is 2.00 bits per heavy atom. The van der Waals surface area contributed by atoms with Gasteiger partial charge in [0.2, 0.25) is 0 Å². The summed E-state index contributed by atoms with van der Waals surface area (Å²) >= 11 is 0. The van der Waals surface area contributed by atoms with Crippen LogP contribution in [0.3, 0.4) is 0 Å². The molecule has 3 N–H and O–H groups in total. The summed E-state index contributed by atoms with van der Waals surface area (Å²) < 4.78 is 0. The molecule has 1 aliphatic carbocycles. The predicted molar refractivity (Wildman–Crippen MR) is 73.1 cm³/mol. The monoisotopic (exact) mass is 263 g/mol. The lowest BCUT2D eigenvalue weighted by atomic mass is 9.85. The summed E-state index contributed by atoms with van der Waals surface area (Å²) in [6.07, 6.45) is 4.46. The van der Waals surface area contributed by atoms with Gasteiger partial charge in [0.05, 0.1) is 5.56 Å². The maximum absolute atomic E-state index is 11.1. The summed E-state index contributed by atoms with van der Waals surface area (Å²) in [5, 5.41) is 21.9.